The van der Waals surface area contributed by atoms with Gasteiger partial charge in [-0.25, -0.2) is 0 Å². The van der Waals surface area contributed by atoms with Crippen molar-refractivity contribution in [2.45, 2.75) is 18.7 Å². The molecule has 0 heterocycles. The fourth-order valence-corrected chi connectivity index (χ4v) is 0.584. The second-order valence-electron chi connectivity index (χ2n) is 2.09. The Balaban J connectivity index is 2.53. The Morgan fingerprint density at radius 1 is 1.75 bits per heavy atom. The van der Waals surface area contributed by atoms with Crippen LogP contribution in [0.4, 0.5) is 4.39 Å². The van der Waals surface area contributed by atoms with Crippen LogP contribution in [-0.4, -0.2) is 11.0 Å². The van der Waals surface area contributed by atoms with Crippen molar-refractivity contribution < 1.29 is 9.50 Å². The summed E-state index contributed by atoms with van der Waals surface area (Å²) in [5.41, 5.74) is 0. The minimum absolute atomic E-state index is 0.285. The van der Waals surface area contributed by atoms with Crippen LogP contribution in [0.5, 0.6) is 0 Å². The SMILES string of the molecule is C#CC(O)(F)C1CC1. The van der Waals surface area contributed by atoms with Crippen LogP contribution in [-0.2, 0) is 0 Å². The molecule has 0 aromatic rings. The van der Waals surface area contributed by atoms with Gasteiger partial charge in [0.25, 0.3) is 5.85 Å². The molecule has 1 aliphatic rings. The smallest absolute Gasteiger partial charge is 0.272 e. The number of aliphatic hydroxyl groups is 1. The number of hydrogen-bond acceptors (Lipinski definition) is 1. The van der Waals surface area contributed by atoms with Crippen LogP contribution in [0, 0.1) is 18.3 Å². The van der Waals surface area contributed by atoms with E-state index < -0.39 is 5.85 Å². The van der Waals surface area contributed by atoms with Gasteiger partial charge in [-0.3, -0.25) is 0 Å². The predicted octanol–water partition coefficient (Wildman–Crippen LogP) is 0.688. The Hall–Kier alpha value is -0.550. The van der Waals surface area contributed by atoms with Crippen molar-refractivity contribution in [2.24, 2.45) is 5.92 Å². The van der Waals surface area contributed by atoms with Crippen molar-refractivity contribution in [1.82, 2.24) is 0 Å². The Kier molecular flexibility index (Phi) is 1.02. The van der Waals surface area contributed by atoms with E-state index in [1.54, 1.807) is 5.92 Å². The highest BCUT2D eigenvalue weighted by molar-refractivity contribution is 5.07. The molecule has 0 saturated heterocycles. The Bertz CT molecular complexity index is 130. The third-order valence-corrected chi connectivity index (χ3v) is 1.32. The van der Waals surface area contributed by atoms with Crippen molar-refractivity contribution in [1.29, 1.82) is 0 Å². The molecule has 0 bridgehead atoms. The fourth-order valence-electron chi connectivity index (χ4n) is 0.584. The molecule has 1 aliphatic carbocycles. The molecule has 0 aromatic heterocycles. The Morgan fingerprint density at radius 2 is 2.25 bits per heavy atom. The van der Waals surface area contributed by atoms with Gasteiger partial charge in [-0.05, 0) is 18.8 Å². The van der Waals surface area contributed by atoms with Crippen LogP contribution in [0.15, 0.2) is 0 Å². The van der Waals surface area contributed by atoms with Crippen LogP contribution in [0.1, 0.15) is 12.8 Å². The quantitative estimate of drug-likeness (QED) is 0.497. The molecule has 8 heavy (non-hydrogen) atoms. The first-order valence-corrected chi connectivity index (χ1v) is 2.56. The lowest BCUT2D eigenvalue weighted by Gasteiger charge is -2.07. The molecule has 2 heteroatoms. The molecular weight excluding hydrogens is 107 g/mol. The van der Waals surface area contributed by atoms with Crippen molar-refractivity contribution >= 4 is 0 Å². The molecular formula is C6H7FO. The van der Waals surface area contributed by atoms with Crippen LogP contribution < -0.4 is 0 Å². The zero-order chi connectivity index (χ0) is 6.20. The van der Waals surface area contributed by atoms with Gasteiger partial charge in [0.05, 0.1) is 0 Å². The molecule has 0 aliphatic heterocycles. The molecule has 44 valence electrons. The summed E-state index contributed by atoms with van der Waals surface area (Å²) < 4.78 is 12.3. The zero-order valence-electron chi connectivity index (χ0n) is 4.39. The van der Waals surface area contributed by atoms with Gasteiger partial charge in [0.2, 0.25) is 0 Å². The highest BCUT2D eigenvalue weighted by atomic mass is 19.2. The van der Waals surface area contributed by atoms with Crippen molar-refractivity contribution in [3.05, 3.63) is 0 Å². The molecule has 1 rings (SSSR count). The van der Waals surface area contributed by atoms with Crippen molar-refractivity contribution in [3.63, 3.8) is 0 Å². The number of rotatable bonds is 1. The maximum Gasteiger partial charge on any atom is 0.272 e. The van der Waals surface area contributed by atoms with Gasteiger partial charge in [-0.2, -0.15) is 4.39 Å². The van der Waals surface area contributed by atoms with E-state index in [-0.39, 0.29) is 5.92 Å². The molecule has 0 aromatic carbocycles. The fraction of sp³-hybridized carbons (Fsp3) is 0.667. The molecule has 1 N–H and O–H groups in total. The molecule has 1 unspecified atom stereocenters. The summed E-state index contributed by atoms with van der Waals surface area (Å²) >= 11 is 0. The summed E-state index contributed by atoms with van der Waals surface area (Å²) in [5, 5.41) is 8.56. The summed E-state index contributed by atoms with van der Waals surface area (Å²) in [6.45, 7) is 0. The van der Waals surface area contributed by atoms with Gasteiger partial charge in [0, 0.05) is 5.92 Å². The maximum atomic E-state index is 12.3. The predicted molar refractivity (Wildman–Crippen MR) is 27.6 cm³/mol. The van der Waals surface area contributed by atoms with E-state index in [1.165, 1.54) is 0 Å². The lowest BCUT2D eigenvalue weighted by Crippen LogP contribution is -2.21. The first kappa shape index (κ1) is 5.58. The van der Waals surface area contributed by atoms with Gasteiger partial charge in [-0.1, -0.05) is 0 Å². The molecule has 0 spiro atoms. The molecule has 1 saturated carbocycles. The van der Waals surface area contributed by atoms with Gasteiger partial charge < -0.3 is 5.11 Å². The summed E-state index contributed by atoms with van der Waals surface area (Å²) in [7, 11) is 0. The average Bonchev–Trinajstić information content (AvgIpc) is 2.44. The number of halogens is 1. The summed E-state index contributed by atoms with van der Waals surface area (Å²) in [6.07, 6.45) is 6.11. The van der Waals surface area contributed by atoms with Crippen molar-refractivity contribution in [2.75, 3.05) is 0 Å². The highest BCUT2D eigenvalue weighted by Gasteiger charge is 2.42. The lowest BCUT2D eigenvalue weighted by atomic mass is 10.2. The first-order chi connectivity index (χ1) is 3.67. The lowest BCUT2D eigenvalue weighted by molar-refractivity contribution is -0.0508. The number of alkyl halides is 1. The third-order valence-electron chi connectivity index (χ3n) is 1.32. The summed E-state index contributed by atoms with van der Waals surface area (Å²) in [4.78, 5) is 0. The van der Waals surface area contributed by atoms with E-state index in [1.807, 2.05) is 0 Å². The second-order valence-corrected chi connectivity index (χ2v) is 2.09. The minimum Gasteiger partial charge on any atom is -0.352 e. The zero-order valence-corrected chi connectivity index (χ0v) is 4.39. The molecule has 0 radical (unpaired) electrons. The third kappa shape index (κ3) is 0.823. The van der Waals surface area contributed by atoms with E-state index in [4.69, 9.17) is 5.11 Å². The first-order valence-electron chi connectivity index (χ1n) is 2.56. The highest BCUT2D eigenvalue weighted by Crippen LogP contribution is 2.39. The van der Waals surface area contributed by atoms with E-state index in [0.717, 1.165) is 12.8 Å². The van der Waals surface area contributed by atoms with Crippen LogP contribution in [0.3, 0.4) is 0 Å². The monoisotopic (exact) mass is 114 g/mol. The van der Waals surface area contributed by atoms with Gasteiger partial charge in [-0.15, -0.1) is 6.42 Å². The summed E-state index contributed by atoms with van der Waals surface area (Å²) in [5.74, 6) is -0.912. The van der Waals surface area contributed by atoms with Gasteiger partial charge >= 0.3 is 0 Å². The van der Waals surface area contributed by atoms with E-state index >= 15 is 0 Å². The van der Waals surface area contributed by atoms with Crippen molar-refractivity contribution in [3.8, 4) is 12.3 Å². The molecule has 1 fully saturated rings. The number of hydrogen-bond donors (Lipinski definition) is 1. The van der Waals surface area contributed by atoms with Crippen LogP contribution >= 0.6 is 0 Å². The maximum absolute atomic E-state index is 12.3. The molecule has 1 atom stereocenters. The molecule has 0 amide bonds. The Morgan fingerprint density at radius 3 is 2.38 bits per heavy atom. The minimum atomic E-state index is -2.32. The molecule has 1 nitrogen and oxygen atoms in total. The summed E-state index contributed by atoms with van der Waals surface area (Å²) in [6, 6.07) is 0. The van der Waals surface area contributed by atoms with E-state index in [0.29, 0.717) is 0 Å². The van der Waals surface area contributed by atoms with E-state index in [9.17, 15) is 4.39 Å². The standard InChI is InChI=1S/C6H7FO/c1-2-6(7,8)5-3-4-5/h1,5,8H,3-4H2. The van der Waals surface area contributed by atoms with E-state index in [2.05, 4.69) is 6.42 Å². The van der Waals surface area contributed by atoms with Gasteiger partial charge in [0.15, 0.2) is 0 Å². The topological polar surface area (TPSA) is 20.2 Å². The second kappa shape index (κ2) is 1.46. The van der Waals surface area contributed by atoms with Crippen LogP contribution in [0.25, 0.3) is 0 Å². The van der Waals surface area contributed by atoms with Gasteiger partial charge in [0.1, 0.15) is 0 Å². The van der Waals surface area contributed by atoms with Crippen LogP contribution in [0.2, 0.25) is 0 Å². The average molecular weight is 114 g/mol. The number of terminal acetylenes is 1. The normalized spacial score (nSPS) is 26.1. The Labute approximate surface area is 47.5 Å². The largest absolute Gasteiger partial charge is 0.352 e.